The Balaban J connectivity index is 2.76. The average molecular weight is 205 g/mol. The van der Waals surface area contributed by atoms with Gasteiger partial charge in [-0.1, -0.05) is 6.42 Å². The van der Waals surface area contributed by atoms with Gasteiger partial charge in [0.25, 0.3) is 0 Å². The predicted molar refractivity (Wildman–Crippen MR) is 62.1 cm³/mol. The van der Waals surface area contributed by atoms with Gasteiger partial charge >= 0.3 is 0 Å². The van der Waals surface area contributed by atoms with Crippen molar-refractivity contribution in [1.82, 2.24) is 0 Å². The van der Waals surface area contributed by atoms with Crippen LogP contribution >= 0.6 is 8.58 Å². The molecule has 0 saturated carbocycles. The Hall–Kier alpha value is 0.350. The van der Waals surface area contributed by atoms with Crippen molar-refractivity contribution < 1.29 is 4.74 Å². The predicted octanol–water partition coefficient (Wildman–Crippen LogP) is 2.22. The van der Waals surface area contributed by atoms with Gasteiger partial charge in [0, 0.05) is 13.2 Å². The highest BCUT2D eigenvalue weighted by atomic mass is 31.1. The van der Waals surface area contributed by atoms with E-state index in [0.29, 0.717) is 0 Å². The minimum absolute atomic E-state index is 0.855. The standard InChI is InChI=1S/C10H24NOP/c1-2-12-8-6-10-13-9-5-3-4-7-11/h13H,2-11H2,1H3. The molecular formula is C10H24NOP. The molecule has 0 fully saturated rings. The molecule has 80 valence electrons. The number of hydrogen-bond acceptors (Lipinski definition) is 2. The summed E-state index contributed by atoms with van der Waals surface area (Å²) in [4.78, 5) is 0. The minimum atomic E-state index is 0.855. The molecule has 0 aliphatic heterocycles. The zero-order valence-corrected chi connectivity index (χ0v) is 9.85. The molecule has 1 unspecified atom stereocenters. The molecule has 0 radical (unpaired) electrons. The van der Waals surface area contributed by atoms with Gasteiger partial charge < -0.3 is 10.5 Å². The highest BCUT2D eigenvalue weighted by Crippen LogP contribution is 2.14. The molecule has 0 aliphatic rings. The molecule has 0 aromatic rings. The third-order valence-electron chi connectivity index (χ3n) is 1.90. The molecule has 0 aromatic carbocycles. The van der Waals surface area contributed by atoms with Crippen molar-refractivity contribution in [3.05, 3.63) is 0 Å². The molecule has 0 aromatic heterocycles. The van der Waals surface area contributed by atoms with E-state index < -0.39 is 0 Å². The quantitative estimate of drug-likeness (QED) is 0.438. The normalized spacial score (nSPS) is 11.5. The number of rotatable bonds is 10. The van der Waals surface area contributed by atoms with Crippen molar-refractivity contribution in [2.24, 2.45) is 5.73 Å². The number of nitrogens with two attached hydrogens (primary N) is 1. The largest absolute Gasteiger partial charge is 0.382 e. The second-order valence-electron chi connectivity index (χ2n) is 3.15. The molecule has 0 saturated heterocycles. The molecule has 2 nitrogen and oxygen atoms in total. The van der Waals surface area contributed by atoms with Crippen molar-refractivity contribution in [3.8, 4) is 0 Å². The van der Waals surface area contributed by atoms with Crippen molar-refractivity contribution >= 4 is 8.58 Å². The Labute approximate surface area is 84.4 Å². The first-order valence-electron chi connectivity index (χ1n) is 5.40. The van der Waals surface area contributed by atoms with Crippen molar-refractivity contribution in [3.63, 3.8) is 0 Å². The van der Waals surface area contributed by atoms with E-state index in [4.69, 9.17) is 10.5 Å². The second-order valence-corrected chi connectivity index (χ2v) is 4.65. The average Bonchev–Trinajstić information content (AvgIpc) is 2.16. The molecule has 0 spiro atoms. The summed E-state index contributed by atoms with van der Waals surface area (Å²) in [6.07, 6.45) is 7.86. The molecule has 2 N–H and O–H groups in total. The van der Waals surface area contributed by atoms with Crippen LogP contribution in [0.4, 0.5) is 0 Å². The second kappa shape index (κ2) is 12.3. The summed E-state index contributed by atoms with van der Waals surface area (Å²) >= 11 is 0. The highest BCUT2D eigenvalue weighted by molar-refractivity contribution is 7.37. The van der Waals surface area contributed by atoms with Gasteiger partial charge in [0.15, 0.2) is 0 Å². The maximum absolute atomic E-state index is 5.41. The molecular weight excluding hydrogens is 181 g/mol. The topological polar surface area (TPSA) is 35.2 Å². The molecule has 1 atom stereocenters. The Kier molecular flexibility index (Phi) is 12.7. The summed E-state index contributed by atoms with van der Waals surface area (Å²) < 4.78 is 5.27. The number of unbranched alkanes of at least 4 members (excludes halogenated alkanes) is 2. The molecule has 3 heteroatoms. The fraction of sp³-hybridized carbons (Fsp3) is 1.00. The van der Waals surface area contributed by atoms with E-state index in [0.717, 1.165) is 28.3 Å². The first-order valence-corrected chi connectivity index (χ1v) is 6.81. The highest BCUT2D eigenvalue weighted by Gasteiger charge is 1.90. The van der Waals surface area contributed by atoms with Gasteiger partial charge in [0.2, 0.25) is 0 Å². The van der Waals surface area contributed by atoms with E-state index in [1.165, 1.54) is 38.0 Å². The van der Waals surface area contributed by atoms with Crippen LogP contribution in [0.3, 0.4) is 0 Å². The van der Waals surface area contributed by atoms with Crippen molar-refractivity contribution in [2.45, 2.75) is 32.6 Å². The van der Waals surface area contributed by atoms with E-state index in [2.05, 4.69) is 6.92 Å². The van der Waals surface area contributed by atoms with Gasteiger partial charge in [-0.3, -0.25) is 0 Å². The van der Waals surface area contributed by atoms with E-state index in [9.17, 15) is 0 Å². The van der Waals surface area contributed by atoms with Gasteiger partial charge in [-0.25, -0.2) is 0 Å². The third kappa shape index (κ3) is 12.4. The summed E-state index contributed by atoms with van der Waals surface area (Å²) in [5.41, 5.74) is 5.41. The first kappa shape index (κ1) is 13.4. The molecule has 13 heavy (non-hydrogen) atoms. The SMILES string of the molecule is CCOCCCPCCCCCN. The van der Waals surface area contributed by atoms with E-state index in [-0.39, 0.29) is 0 Å². The first-order chi connectivity index (χ1) is 6.41. The summed E-state index contributed by atoms with van der Waals surface area (Å²) in [5.74, 6) is 0. The smallest absolute Gasteiger partial charge is 0.0469 e. The minimum Gasteiger partial charge on any atom is -0.382 e. The van der Waals surface area contributed by atoms with E-state index in [1.807, 2.05) is 0 Å². The Morgan fingerprint density at radius 1 is 1.08 bits per heavy atom. The lowest BCUT2D eigenvalue weighted by molar-refractivity contribution is 0.149. The van der Waals surface area contributed by atoms with Crippen molar-refractivity contribution in [2.75, 3.05) is 32.1 Å². The van der Waals surface area contributed by atoms with Crippen LogP contribution in [0.1, 0.15) is 32.6 Å². The summed E-state index contributed by atoms with van der Waals surface area (Å²) in [7, 11) is 1.13. The van der Waals surface area contributed by atoms with Crippen molar-refractivity contribution in [1.29, 1.82) is 0 Å². The van der Waals surface area contributed by atoms with Crippen LogP contribution in [-0.2, 0) is 4.74 Å². The molecule has 0 amide bonds. The van der Waals surface area contributed by atoms with Gasteiger partial charge in [-0.05, 0) is 45.1 Å². The number of ether oxygens (including phenoxy) is 1. The lowest BCUT2D eigenvalue weighted by Crippen LogP contribution is -1.98. The van der Waals surface area contributed by atoms with Crippen LogP contribution in [0.2, 0.25) is 0 Å². The van der Waals surface area contributed by atoms with Crippen LogP contribution in [0, 0.1) is 0 Å². The number of hydrogen-bond donors (Lipinski definition) is 1. The molecule has 0 rings (SSSR count). The van der Waals surface area contributed by atoms with Crippen LogP contribution in [0.15, 0.2) is 0 Å². The van der Waals surface area contributed by atoms with Gasteiger partial charge in [0.1, 0.15) is 0 Å². The van der Waals surface area contributed by atoms with Crippen LogP contribution in [0.5, 0.6) is 0 Å². The maximum Gasteiger partial charge on any atom is 0.0469 e. The third-order valence-corrected chi connectivity index (χ3v) is 3.32. The van der Waals surface area contributed by atoms with Gasteiger partial charge in [-0.2, -0.15) is 0 Å². The summed E-state index contributed by atoms with van der Waals surface area (Å²) in [5, 5.41) is 0. The van der Waals surface area contributed by atoms with Gasteiger partial charge in [0.05, 0.1) is 0 Å². The summed E-state index contributed by atoms with van der Waals surface area (Å²) in [6, 6.07) is 0. The van der Waals surface area contributed by atoms with Gasteiger partial charge in [-0.15, -0.1) is 8.58 Å². The lowest BCUT2D eigenvalue weighted by Gasteiger charge is -2.02. The Bertz CT molecular complexity index is 81.0. The zero-order chi connectivity index (χ0) is 9.78. The van der Waals surface area contributed by atoms with Crippen LogP contribution < -0.4 is 5.73 Å². The maximum atomic E-state index is 5.41. The fourth-order valence-corrected chi connectivity index (χ4v) is 2.28. The van der Waals surface area contributed by atoms with E-state index >= 15 is 0 Å². The monoisotopic (exact) mass is 205 g/mol. The van der Waals surface area contributed by atoms with E-state index in [1.54, 1.807) is 0 Å². The van der Waals surface area contributed by atoms with Crippen LogP contribution in [0.25, 0.3) is 0 Å². The molecule has 0 aliphatic carbocycles. The van der Waals surface area contributed by atoms with Crippen LogP contribution in [-0.4, -0.2) is 32.1 Å². The lowest BCUT2D eigenvalue weighted by atomic mass is 10.2. The molecule has 0 heterocycles. The Morgan fingerprint density at radius 3 is 2.54 bits per heavy atom. The Morgan fingerprint density at radius 2 is 1.85 bits per heavy atom. The summed E-state index contributed by atoms with van der Waals surface area (Å²) in [6.45, 7) is 4.72. The zero-order valence-electron chi connectivity index (χ0n) is 8.85. The molecule has 0 bridgehead atoms. The fourth-order valence-electron chi connectivity index (χ4n) is 1.14.